The van der Waals surface area contributed by atoms with E-state index in [1.54, 1.807) is 24.3 Å². The number of hydrogen-bond acceptors (Lipinski definition) is 2. The zero-order chi connectivity index (χ0) is 13.8. The first-order chi connectivity index (χ1) is 9.08. The lowest BCUT2D eigenvalue weighted by Crippen LogP contribution is -2.11. The fourth-order valence-electron chi connectivity index (χ4n) is 1.59. The van der Waals surface area contributed by atoms with Gasteiger partial charge >= 0.3 is 0 Å². The minimum atomic E-state index is -0.899. The summed E-state index contributed by atoms with van der Waals surface area (Å²) in [6.45, 7) is 0.108. The van der Waals surface area contributed by atoms with Gasteiger partial charge in [-0.15, -0.1) is 0 Å². The van der Waals surface area contributed by atoms with Crippen molar-refractivity contribution in [3.8, 4) is 5.75 Å². The molecule has 5 heteroatoms. The highest BCUT2D eigenvalue weighted by Crippen LogP contribution is 2.19. The summed E-state index contributed by atoms with van der Waals surface area (Å²) in [6, 6.07) is 10.6. The van der Waals surface area contributed by atoms with E-state index in [1.165, 1.54) is 6.07 Å². The summed E-state index contributed by atoms with van der Waals surface area (Å²) in [6.07, 6.45) is 0. The topological polar surface area (TPSA) is 35.2 Å². The minimum absolute atomic E-state index is 0.108. The predicted molar refractivity (Wildman–Crippen MR) is 73.0 cm³/mol. The van der Waals surface area contributed by atoms with Crippen LogP contribution in [0.4, 0.5) is 8.78 Å². The number of hydrogen-bond donors (Lipinski definition) is 1. The third kappa shape index (κ3) is 3.26. The Morgan fingerprint density at radius 2 is 1.84 bits per heavy atom. The van der Waals surface area contributed by atoms with Crippen molar-refractivity contribution in [3.63, 3.8) is 0 Å². The largest absolute Gasteiger partial charge is 0.488 e. The second-order valence-corrected chi connectivity index (χ2v) is 4.34. The van der Waals surface area contributed by atoms with Crippen LogP contribution in [0.3, 0.4) is 0 Å². The zero-order valence-corrected chi connectivity index (χ0v) is 10.7. The first kappa shape index (κ1) is 13.4. The van der Waals surface area contributed by atoms with Crippen LogP contribution in [0.5, 0.6) is 5.75 Å². The number of nitrogens with two attached hydrogens (primary N) is 1. The Bertz CT molecular complexity index is 616. The standard InChI is InChI=1S/C14H11F2NOS/c15-11-6-5-9(7-12(11)16)8-18-13-4-2-1-3-10(13)14(17)19/h1-7H,8H2,(H2,17,19). The molecular formula is C14H11F2NOS. The van der Waals surface area contributed by atoms with Gasteiger partial charge in [0.1, 0.15) is 17.3 Å². The van der Waals surface area contributed by atoms with Crippen LogP contribution in [0, 0.1) is 11.6 Å². The summed E-state index contributed by atoms with van der Waals surface area (Å²) in [5, 5.41) is 0. The number of benzene rings is 2. The van der Waals surface area contributed by atoms with Crippen LogP contribution in [0.25, 0.3) is 0 Å². The average Bonchev–Trinajstić information content (AvgIpc) is 2.40. The Morgan fingerprint density at radius 1 is 1.11 bits per heavy atom. The fraction of sp³-hybridized carbons (Fsp3) is 0.0714. The molecule has 2 aromatic carbocycles. The number of ether oxygens (including phenoxy) is 1. The lowest BCUT2D eigenvalue weighted by atomic mass is 10.2. The van der Waals surface area contributed by atoms with Gasteiger partial charge in [0, 0.05) is 0 Å². The van der Waals surface area contributed by atoms with Crippen molar-refractivity contribution in [2.24, 2.45) is 5.73 Å². The van der Waals surface area contributed by atoms with Crippen molar-refractivity contribution < 1.29 is 13.5 Å². The summed E-state index contributed by atoms with van der Waals surface area (Å²) in [5.74, 6) is -1.27. The molecule has 0 aliphatic heterocycles. The molecule has 2 N–H and O–H groups in total. The van der Waals surface area contributed by atoms with E-state index < -0.39 is 11.6 Å². The molecule has 0 bridgehead atoms. The molecular weight excluding hydrogens is 268 g/mol. The zero-order valence-electron chi connectivity index (χ0n) is 9.90. The van der Waals surface area contributed by atoms with Crippen molar-refractivity contribution in [2.45, 2.75) is 6.61 Å². The number of para-hydroxylation sites is 1. The second kappa shape index (κ2) is 5.75. The molecule has 0 amide bonds. The third-order valence-electron chi connectivity index (χ3n) is 2.53. The van der Waals surface area contributed by atoms with Crippen LogP contribution in [-0.2, 0) is 6.61 Å². The summed E-state index contributed by atoms with van der Waals surface area (Å²) < 4.78 is 31.3. The van der Waals surface area contributed by atoms with Gasteiger partial charge in [0.05, 0.1) is 5.56 Å². The monoisotopic (exact) mass is 279 g/mol. The maximum Gasteiger partial charge on any atom is 0.159 e. The highest BCUT2D eigenvalue weighted by molar-refractivity contribution is 7.80. The lowest BCUT2D eigenvalue weighted by Gasteiger charge is -2.10. The van der Waals surface area contributed by atoms with Gasteiger partial charge in [-0.3, -0.25) is 0 Å². The van der Waals surface area contributed by atoms with Crippen LogP contribution in [0.2, 0.25) is 0 Å². The normalized spacial score (nSPS) is 10.2. The quantitative estimate of drug-likeness (QED) is 0.873. The van der Waals surface area contributed by atoms with Crippen molar-refractivity contribution >= 4 is 17.2 Å². The van der Waals surface area contributed by atoms with Gasteiger partial charge < -0.3 is 10.5 Å². The second-order valence-electron chi connectivity index (χ2n) is 3.90. The summed E-state index contributed by atoms with van der Waals surface area (Å²) in [5.41, 5.74) is 6.71. The molecule has 2 aromatic rings. The number of thiocarbonyl (C=S) groups is 1. The maximum absolute atomic E-state index is 13.0. The first-order valence-corrected chi connectivity index (χ1v) is 5.94. The van der Waals surface area contributed by atoms with Gasteiger partial charge in [-0.2, -0.15) is 0 Å². The molecule has 19 heavy (non-hydrogen) atoms. The van der Waals surface area contributed by atoms with Gasteiger partial charge in [-0.25, -0.2) is 8.78 Å². The Hall–Kier alpha value is -2.01. The van der Waals surface area contributed by atoms with E-state index in [4.69, 9.17) is 22.7 Å². The summed E-state index contributed by atoms with van der Waals surface area (Å²) in [4.78, 5) is 0.223. The van der Waals surface area contributed by atoms with Gasteiger partial charge in [0.2, 0.25) is 0 Å². The molecule has 0 aliphatic rings. The van der Waals surface area contributed by atoms with Gasteiger partial charge in [-0.1, -0.05) is 30.4 Å². The molecule has 0 spiro atoms. The molecule has 0 atom stereocenters. The molecule has 0 saturated carbocycles. The third-order valence-corrected chi connectivity index (χ3v) is 2.75. The van der Waals surface area contributed by atoms with Crippen molar-refractivity contribution in [1.29, 1.82) is 0 Å². The fourth-order valence-corrected chi connectivity index (χ4v) is 1.76. The molecule has 0 aromatic heterocycles. The molecule has 0 aliphatic carbocycles. The first-order valence-electron chi connectivity index (χ1n) is 5.53. The van der Waals surface area contributed by atoms with Crippen molar-refractivity contribution in [3.05, 3.63) is 65.2 Å². The van der Waals surface area contributed by atoms with Crippen LogP contribution in [0.15, 0.2) is 42.5 Å². The Balaban J connectivity index is 2.14. The Kier molecular flexibility index (Phi) is 4.06. The highest BCUT2D eigenvalue weighted by Gasteiger charge is 2.07. The number of halogens is 2. The Morgan fingerprint density at radius 3 is 2.53 bits per heavy atom. The van der Waals surface area contributed by atoms with E-state index >= 15 is 0 Å². The van der Waals surface area contributed by atoms with Gasteiger partial charge in [0.15, 0.2) is 11.6 Å². The van der Waals surface area contributed by atoms with Crippen LogP contribution in [-0.4, -0.2) is 4.99 Å². The SMILES string of the molecule is NC(=S)c1ccccc1OCc1ccc(F)c(F)c1. The van der Waals surface area contributed by atoms with Gasteiger partial charge in [0.25, 0.3) is 0 Å². The average molecular weight is 279 g/mol. The summed E-state index contributed by atoms with van der Waals surface area (Å²) >= 11 is 4.91. The van der Waals surface area contributed by atoms with Gasteiger partial charge in [-0.05, 0) is 29.8 Å². The van der Waals surface area contributed by atoms with Crippen LogP contribution >= 0.6 is 12.2 Å². The summed E-state index contributed by atoms with van der Waals surface area (Å²) in [7, 11) is 0. The number of rotatable bonds is 4. The van der Waals surface area contributed by atoms with E-state index in [-0.39, 0.29) is 11.6 Å². The molecule has 0 fully saturated rings. The van der Waals surface area contributed by atoms with E-state index in [2.05, 4.69) is 0 Å². The molecule has 0 unspecified atom stereocenters. The van der Waals surface area contributed by atoms with Crippen LogP contribution < -0.4 is 10.5 Å². The molecule has 2 nitrogen and oxygen atoms in total. The van der Waals surface area contributed by atoms with E-state index in [0.717, 1.165) is 12.1 Å². The van der Waals surface area contributed by atoms with Crippen LogP contribution in [0.1, 0.15) is 11.1 Å². The van der Waals surface area contributed by atoms with Crippen molar-refractivity contribution in [2.75, 3.05) is 0 Å². The molecule has 0 radical (unpaired) electrons. The Labute approximate surface area is 114 Å². The molecule has 2 rings (SSSR count). The lowest BCUT2D eigenvalue weighted by molar-refractivity contribution is 0.304. The predicted octanol–water partition coefficient (Wildman–Crippen LogP) is 3.18. The van der Waals surface area contributed by atoms with E-state index in [1.807, 2.05) is 0 Å². The molecule has 98 valence electrons. The highest BCUT2D eigenvalue weighted by atomic mass is 32.1. The molecule has 0 saturated heterocycles. The minimum Gasteiger partial charge on any atom is -0.488 e. The molecule has 0 heterocycles. The van der Waals surface area contributed by atoms with Crippen molar-refractivity contribution in [1.82, 2.24) is 0 Å². The smallest absolute Gasteiger partial charge is 0.159 e. The van der Waals surface area contributed by atoms with E-state index in [0.29, 0.717) is 16.9 Å². The maximum atomic E-state index is 13.0. The van der Waals surface area contributed by atoms with E-state index in [9.17, 15) is 8.78 Å².